The van der Waals surface area contributed by atoms with E-state index in [1.54, 1.807) is 11.9 Å². The van der Waals surface area contributed by atoms with Gasteiger partial charge in [-0.2, -0.15) is 0 Å². The van der Waals surface area contributed by atoms with Gasteiger partial charge in [-0.05, 0) is 12.3 Å². The highest BCUT2D eigenvalue weighted by molar-refractivity contribution is 5.71. The van der Waals surface area contributed by atoms with Crippen molar-refractivity contribution in [3.8, 4) is 0 Å². The first-order valence-corrected chi connectivity index (χ1v) is 4.70. The molecule has 0 unspecified atom stereocenters. The van der Waals surface area contributed by atoms with E-state index in [1.165, 1.54) is 25.7 Å². The number of carbonyl (C=O) groups is 1. The number of primary amides is 1. The Labute approximate surface area is 73.9 Å². The molecule has 3 nitrogen and oxygen atoms in total. The molecular weight excluding hydrogens is 152 g/mol. The molecule has 0 aromatic heterocycles. The van der Waals surface area contributed by atoms with Gasteiger partial charge in [-0.3, -0.25) is 0 Å². The number of hydrogen-bond donors (Lipinski definition) is 1. The Balaban J connectivity index is 2.11. The third-order valence-electron chi connectivity index (χ3n) is 2.72. The second-order valence-electron chi connectivity index (χ2n) is 3.70. The van der Waals surface area contributed by atoms with Crippen LogP contribution >= 0.6 is 0 Å². The maximum atomic E-state index is 10.7. The third-order valence-corrected chi connectivity index (χ3v) is 2.72. The van der Waals surface area contributed by atoms with Crippen LogP contribution in [0.3, 0.4) is 0 Å². The molecule has 2 amide bonds. The van der Waals surface area contributed by atoms with Gasteiger partial charge >= 0.3 is 6.03 Å². The summed E-state index contributed by atoms with van der Waals surface area (Å²) in [6.07, 6.45) is 6.54. The molecular formula is C9H18N2O. The summed E-state index contributed by atoms with van der Waals surface area (Å²) < 4.78 is 0. The number of rotatable bonds is 3. The second kappa shape index (κ2) is 4.33. The molecule has 0 aromatic rings. The lowest BCUT2D eigenvalue weighted by Crippen LogP contribution is -2.33. The molecule has 1 aliphatic carbocycles. The fourth-order valence-electron chi connectivity index (χ4n) is 1.79. The Kier molecular flexibility index (Phi) is 3.38. The maximum absolute atomic E-state index is 10.7. The lowest BCUT2D eigenvalue weighted by molar-refractivity contribution is 0.215. The quantitative estimate of drug-likeness (QED) is 0.686. The van der Waals surface area contributed by atoms with Crippen LogP contribution in [0, 0.1) is 5.92 Å². The van der Waals surface area contributed by atoms with E-state index in [1.807, 2.05) is 0 Å². The van der Waals surface area contributed by atoms with E-state index in [-0.39, 0.29) is 6.03 Å². The first-order valence-electron chi connectivity index (χ1n) is 4.70. The van der Waals surface area contributed by atoms with Crippen molar-refractivity contribution in [1.29, 1.82) is 0 Å². The number of carbonyl (C=O) groups excluding carboxylic acids is 1. The number of nitrogens with two attached hydrogens (primary N) is 1. The summed E-state index contributed by atoms with van der Waals surface area (Å²) in [6, 6.07) is -0.312. The van der Waals surface area contributed by atoms with Crippen LogP contribution in [0.1, 0.15) is 32.1 Å². The molecule has 70 valence electrons. The van der Waals surface area contributed by atoms with Gasteiger partial charge in [-0.15, -0.1) is 0 Å². The summed E-state index contributed by atoms with van der Waals surface area (Å²) >= 11 is 0. The minimum Gasteiger partial charge on any atom is -0.351 e. The van der Waals surface area contributed by atoms with E-state index in [0.717, 1.165) is 18.9 Å². The van der Waals surface area contributed by atoms with Crippen LogP contribution in [0.4, 0.5) is 4.79 Å². The SMILES string of the molecule is CN(CCC1CCCC1)C(N)=O. The summed E-state index contributed by atoms with van der Waals surface area (Å²) in [5, 5.41) is 0. The zero-order chi connectivity index (χ0) is 8.97. The predicted molar refractivity (Wildman–Crippen MR) is 48.8 cm³/mol. The molecule has 0 spiro atoms. The van der Waals surface area contributed by atoms with Crippen molar-refractivity contribution in [3.63, 3.8) is 0 Å². The van der Waals surface area contributed by atoms with Gasteiger partial charge in [-0.25, -0.2) is 4.79 Å². The molecule has 0 heterocycles. The molecule has 0 atom stereocenters. The van der Waals surface area contributed by atoms with E-state index in [9.17, 15) is 4.79 Å². The normalized spacial score (nSPS) is 18.1. The highest BCUT2D eigenvalue weighted by Crippen LogP contribution is 2.27. The Morgan fingerprint density at radius 1 is 1.50 bits per heavy atom. The number of urea groups is 1. The smallest absolute Gasteiger partial charge is 0.314 e. The van der Waals surface area contributed by atoms with Crippen molar-refractivity contribution < 1.29 is 4.79 Å². The average Bonchev–Trinajstić information content (AvgIpc) is 2.51. The van der Waals surface area contributed by atoms with Gasteiger partial charge in [0.25, 0.3) is 0 Å². The lowest BCUT2D eigenvalue weighted by Gasteiger charge is -2.16. The molecule has 0 saturated heterocycles. The second-order valence-corrected chi connectivity index (χ2v) is 3.70. The van der Waals surface area contributed by atoms with Crippen LogP contribution < -0.4 is 5.73 Å². The summed E-state index contributed by atoms with van der Waals surface area (Å²) in [4.78, 5) is 12.2. The van der Waals surface area contributed by atoms with Crippen LogP contribution in [0.25, 0.3) is 0 Å². The van der Waals surface area contributed by atoms with Gasteiger partial charge in [0, 0.05) is 13.6 Å². The van der Waals surface area contributed by atoms with Gasteiger partial charge in [0.15, 0.2) is 0 Å². The molecule has 1 fully saturated rings. The Morgan fingerprint density at radius 2 is 2.08 bits per heavy atom. The van der Waals surface area contributed by atoms with Crippen molar-refractivity contribution in [2.24, 2.45) is 11.7 Å². The first-order chi connectivity index (χ1) is 5.70. The zero-order valence-electron chi connectivity index (χ0n) is 7.75. The molecule has 0 aliphatic heterocycles. The highest BCUT2D eigenvalue weighted by Gasteiger charge is 2.15. The topological polar surface area (TPSA) is 46.3 Å². The number of amides is 2. The highest BCUT2D eigenvalue weighted by atomic mass is 16.2. The van der Waals surface area contributed by atoms with Crippen LogP contribution in [-0.2, 0) is 0 Å². The minimum atomic E-state index is -0.312. The van der Waals surface area contributed by atoms with Gasteiger partial charge in [-0.1, -0.05) is 25.7 Å². The van der Waals surface area contributed by atoms with E-state index in [2.05, 4.69) is 0 Å². The Hall–Kier alpha value is -0.730. The van der Waals surface area contributed by atoms with E-state index >= 15 is 0 Å². The molecule has 1 rings (SSSR count). The first kappa shape index (κ1) is 9.36. The minimum absolute atomic E-state index is 0.312. The van der Waals surface area contributed by atoms with Crippen LogP contribution in [0.2, 0.25) is 0 Å². The summed E-state index contributed by atoms with van der Waals surface area (Å²) in [5.41, 5.74) is 5.11. The standard InChI is InChI=1S/C9H18N2O/c1-11(9(10)12)7-6-8-4-2-3-5-8/h8H,2-7H2,1H3,(H2,10,12). The van der Waals surface area contributed by atoms with Gasteiger partial charge in [0.1, 0.15) is 0 Å². The Bertz CT molecular complexity index is 153. The van der Waals surface area contributed by atoms with Crippen molar-refractivity contribution >= 4 is 6.03 Å². The fourth-order valence-corrected chi connectivity index (χ4v) is 1.79. The molecule has 1 saturated carbocycles. The van der Waals surface area contributed by atoms with Crippen molar-refractivity contribution in [2.45, 2.75) is 32.1 Å². The lowest BCUT2D eigenvalue weighted by atomic mass is 10.0. The predicted octanol–water partition coefficient (Wildman–Crippen LogP) is 1.58. The van der Waals surface area contributed by atoms with Gasteiger partial charge in [0.05, 0.1) is 0 Å². The monoisotopic (exact) mass is 170 g/mol. The number of nitrogens with zero attached hydrogens (tertiary/aromatic N) is 1. The summed E-state index contributed by atoms with van der Waals surface area (Å²) in [7, 11) is 1.76. The molecule has 2 N–H and O–H groups in total. The number of hydrogen-bond acceptors (Lipinski definition) is 1. The molecule has 3 heteroatoms. The van der Waals surface area contributed by atoms with Gasteiger partial charge in [0.2, 0.25) is 0 Å². The summed E-state index contributed by atoms with van der Waals surface area (Å²) in [5.74, 6) is 0.840. The fraction of sp³-hybridized carbons (Fsp3) is 0.889. The molecule has 0 bridgehead atoms. The molecule has 0 radical (unpaired) electrons. The van der Waals surface area contributed by atoms with E-state index in [4.69, 9.17) is 5.73 Å². The molecule has 1 aliphatic rings. The van der Waals surface area contributed by atoms with Crippen molar-refractivity contribution in [1.82, 2.24) is 4.90 Å². The largest absolute Gasteiger partial charge is 0.351 e. The van der Waals surface area contributed by atoms with Crippen molar-refractivity contribution in [3.05, 3.63) is 0 Å². The molecule has 0 aromatic carbocycles. The van der Waals surface area contributed by atoms with E-state index in [0.29, 0.717) is 0 Å². The van der Waals surface area contributed by atoms with Gasteiger partial charge < -0.3 is 10.6 Å². The van der Waals surface area contributed by atoms with Crippen LogP contribution in [0.5, 0.6) is 0 Å². The van der Waals surface area contributed by atoms with E-state index < -0.39 is 0 Å². The third kappa shape index (κ3) is 2.72. The average molecular weight is 170 g/mol. The van der Waals surface area contributed by atoms with Crippen LogP contribution in [0.15, 0.2) is 0 Å². The van der Waals surface area contributed by atoms with Crippen LogP contribution in [-0.4, -0.2) is 24.5 Å². The summed E-state index contributed by atoms with van der Waals surface area (Å²) in [6.45, 7) is 0.819. The Morgan fingerprint density at radius 3 is 2.58 bits per heavy atom. The van der Waals surface area contributed by atoms with Crippen molar-refractivity contribution in [2.75, 3.05) is 13.6 Å². The zero-order valence-corrected chi connectivity index (χ0v) is 7.75. The maximum Gasteiger partial charge on any atom is 0.314 e. The molecule has 12 heavy (non-hydrogen) atoms.